The Morgan fingerprint density at radius 3 is 2.69 bits per heavy atom. The van der Waals surface area contributed by atoms with Gasteiger partial charge in [0.2, 0.25) is 11.9 Å². The van der Waals surface area contributed by atoms with E-state index >= 15 is 0 Å². The normalized spacial score (nSPS) is 21.2. The number of aryl methyl sites for hydroxylation is 1. The minimum Gasteiger partial charge on any atom is -0.341 e. The number of hydrogen-bond donors (Lipinski definition) is 1. The highest BCUT2D eigenvalue weighted by Gasteiger charge is 2.39. The summed E-state index contributed by atoms with van der Waals surface area (Å²) in [4.78, 5) is 27.3. The second-order valence-corrected chi connectivity index (χ2v) is 8.76. The first-order valence-electron chi connectivity index (χ1n) is 11.3. The van der Waals surface area contributed by atoms with Crippen molar-refractivity contribution in [2.75, 3.05) is 36.4 Å². The van der Waals surface area contributed by atoms with Crippen molar-refractivity contribution in [2.45, 2.75) is 25.3 Å². The zero-order valence-electron chi connectivity index (χ0n) is 18.4. The van der Waals surface area contributed by atoms with Gasteiger partial charge in [-0.2, -0.15) is 5.10 Å². The number of carbonyl (C=O) groups is 1. The first kappa shape index (κ1) is 20.6. The quantitative estimate of drug-likeness (QED) is 0.647. The lowest BCUT2D eigenvalue weighted by Crippen LogP contribution is -2.29. The number of benzene rings is 1. The van der Waals surface area contributed by atoms with Crippen molar-refractivity contribution < 1.29 is 4.79 Å². The molecule has 0 aliphatic carbocycles. The van der Waals surface area contributed by atoms with E-state index in [1.807, 2.05) is 31.6 Å². The van der Waals surface area contributed by atoms with Gasteiger partial charge >= 0.3 is 0 Å². The van der Waals surface area contributed by atoms with Crippen molar-refractivity contribution in [1.29, 1.82) is 0 Å². The molecule has 0 spiro atoms. The molecule has 32 heavy (non-hydrogen) atoms. The number of carbonyl (C=O) groups excluding carboxylic acids is 1. The molecule has 0 radical (unpaired) electrons. The van der Waals surface area contributed by atoms with Crippen LogP contribution in [0.15, 0.2) is 55.0 Å². The summed E-state index contributed by atoms with van der Waals surface area (Å²) in [6.45, 7) is 4.29. The van der Waals surface area contributed by atoms with Gasteiger partial charge in [0, 0.05) is 58.1 Å². The molecule has 2 aromatic heterocycles. The largest absolute Gasteiger partial charge is 0.341 e. The van der Waals surface area contributed by atoms with Gasteiger partial charge in [0.25, 0.3) is 0 Å². The van der Waals surface area contributed by atoms with Crippen LogP contribution in [0.2, 0.25) is 0 Å². The average molecular weight is 432 g/mol. The molecule has 4 heterocycles. The van der Waals surface area contributed by atoms with Crippen LogP contribution in [-0.4, -0.2) is 56.7 Å². The van der Waals surface area contributed by atoms with Crippen LogP contribution < -0.4 is 10.2 Å². The van der Waals surface area contributed by atoms with Gasteiger partial charge in [-0.25, -0.2) is 9.97 Å². The van der Waals surface area contributed by atoms with Gasteiger partial charge in [-0.15, -0.1) is 0 Å². The maximum Gasteiger partial charge on any atom is 0.229 e. The van der Waals surface area contributed by atoms with Crippen LogP contribution >= 0.6 is 0 Å². The summed E-state index contributed by atoms with van der Waals surface area (Å²) >= 11 is 0. The number of nitrogens with one attached hydrogen (secondary N) is 1. The van der Waals surface area contributed by atoms with Crippen LogP contribution in [0.25, 0.3) is 0 Å². The molecule has 2 saturated heterocycles. The van der Waals surface area contributed by atoms with Gasteiger partial charge in [0.1, 0.15) is 0 Å². The Bertz CT molecular complexity index is 1060. The maximum atomic E-state index is 13.3. The zero-order valence-corrected chi connectivity index (χ0v) is 18.4. The molecule has 0 unspecified atom stereocenters. The second kappa shape index (κ2) is 9.08. The lowest BCUT2D eigenvalue weighted by atomic mass is 9.92. The highest BCUT2D eigenvalue weighted by molar-refractivity contribution is 5.93. The van der Waals surface area contributed by atoms with Crippen LogP contribution in [0, 0.1) is 5.92 Å². The molecule has 1 aromatic carbocycles. The van der Waals surface area contributed by atoms with E-state index < -0.39 is 0 Å². The number of likely N-dealkylation sites (tertiary alicyclic amines) is 1. The van der Waals surface area contributed by atoms with Gasteiger partial charge in [0.15, 0.2) is 0 Å². The predicted octanol–water partition coefficient (Wildman–Crippen LogP) is 2.66. The smallest absolute Gasteiger partial charge is 0.229 e. The van der Waals surface area contributed by atoms with Crippen molar-refractivity contribution in [1.82, 2.24) is 24.6 Å². The summed E-state index contributed by atoms with van der Waals surface area (Å²) in [5.41, 5.74) is 2.92. The molecule has 3 aromatic rings. The Morgan fingerprint density at radius 1 is 1.12 bits per heavy atom. The van der Waals surface area contributed by atoms with Crippen molar-refractivity contribution in [3.63, 3.8) is 0 Å². The summed E-state index contributed by atoms with van der Waals surface area (Å²) in [5, 5.41) is 7.22. The van der Waals surface area contributed by atoms with E-state index in [4.69, 9.17) is 4.98 Å². The topological polar surface area (TPSA) is 79.2 Å². The first-order chi connectivity index (χ1) is 15.7. The minimum absolute atomic E-state index is 0.0136. The number of nitrogens with zero attached hydrogens (tertiary/aromatic N) is 6. The number of anilines is 2. The van der Waals surface area contributed by atoms with Crippen molar-refractivity contribution in [3.05, 3.63) is 66.2 Å². The standard InChI is InChI=1S/C24H29N7O/c1-29-15-19(13-26-29)27-23(32)21-17-30(14-18-7-3-2-4-8-18)16-20(21)22-9-10-25-24(28-22)31-11-5-6-12-31/h2-4,7-10,13,15,20-21H,5-6,11-12,14,16-17H2,1H3,(H,27,32)/t20-,21-/m0/s1. The van der Waals surface area contributed by atoms with E-state index in [0.717, 1.165) is 43.5 Å². The van der Waals surface area contributed by atoms with E-state index in [1.54, 1.807) is 10.9 Å². The lowest BCUT2D eigenvalue weighted by Gasteiger charge is -2.20. The van der Waals surface area contributed by atoms with Crippen LogP contribution in [0.3, 0.4) is 0 Å². The molecule has 2 aliphatic rings. The third-order valence-electron chi connectivity index (χ3n) is 6.39. The molecular formula is C24H29N7O. The molecular weight excluding hydrogens is 402 g/mol. The minimum atomic E-state index is -0.194. The van der Waals surface area contributed by atoms with Crippen LogP contribution in [0.4, 0.5) is 11.6 Å². The SMILES string of the molecule is Cn1cc(NC(=O)[C@H]2CN(Cc3ccccc3)C[C@@H]2c2ccnc(N3CCCC3)n2)cn1. The van der Waals surface area contributed by atoms with Crippen LogP contribution in [-0.2, 0) is 18.4 Å². The Morgan fingerprint density at radius 2 is 1.94 bits per heavy atom. The highest BCUT2D eigenvalue weighted by Crippen LogP contribution is 2.34. The van der Waals surface area contributed by atoms with E-state index in [2.05, 4.69) is 49.5 Å². The summed E-state index contributed by atoms with van der Waals surface area (Å²) in [6.07, 6.45) is 7.70. The van der Waals surface area contributed by atoms with Gasteiger partial charge in [-0.1, -0.05) is 30.3 Å². The molecule has 1 N–H and O–H groups in total. The molecule has 1 amide bonds. The first-order valence-corrected chi connectivity index (χ1v) is 11.3. The molecule has 8 nitrogen and oxygen atoms in total. The maximum absolute atomic E-state index is 13.3. The summed E-state index contributed by atoms with van der Waals surface area (Å²) in [5.74, 6) is 0.618. The monoisotopic (exact) mass is 431 g/mol. The third kappa shape index (κ3) is 4.50. The summed E-state index contributed by atoms with van der Waals surface area (Å²) < 4.78 is 1.69. The molecule has 8 heteroatoms. The Balaban J connectivity index is 1.39. The van der Waals surface area contributed by atoms with E-state index in [9.17, 15) is 4.79 Å². The van der Waals surface area contributed by atoms with Crippen LogP contribution in [0.5, 0.6) is 0 Å². The number of rotatable bonds is 6. The van der Waals surface area contributed by atoms with Gasteiger partial charge < -0.3 is 10.2 Å². The number of aromatic nitrogens is 4. The fourth-order valence-corrected chi connectivity index (χ4v) is 4.78. The number of amides is 1. The fourth-order valence-electron chi connectivity index (χ4n) is 4.78. The van der Waals surface area contributed by atoms with Crippen molar-refractivity contribution in [2.24, 2.45) is 13.0 Å². The van der Waals surface area contributed by atoms with Crippen molar-refractivity contribution >= 4 is 17.5 Å². The summed E-state index contributed by atoms with van der Waals surface area (Å²) in [6, 6.07) is 12.4. The number of hydrogen-bond acceptors (Lipinski definition) is 6. The Kier molecular flexibility index (Phi) is 5.85. The molecule has 5 rings (SSSR count). The van der Waals surface area contributed by atoms with E-state index in [1.165, 1.54) is 18.4 Å². The van der Waals surface area contributed by atoms with E-state index in [-0.39, 0.29) is 17.7 Å². The molecule has 2 aliphatic heterocycles. The Hall–Kier alpha value is -3.26. The lowest BCUT2D eigenvalue weighted by molar-refractivity contribution is -0.119. The van der Waals surface area contributed by atoms with Crippen LogP contribution in [0.1, 0.15) is 30.0 Å². The third-order valence-corrected chi connectivity index (χ3v) is 6.39. The molecule has 2 atom stereocenters. The molecule has 2 fully saturated rings. The van der Waals surface area contributed by atoms with Gasteiger partial charge in [-0.05, 0) is 24.5 Å². The van der Waals surface area contributed by atoms with Gasteiger partial charge in [0.05, 0.1) is 23.5 Å². The highest BCUT2D eigenvalue weighted by atomic mass is 16.2. The van der Waals surface area contributed by atoms with Crippen molar-refractivity contribution in [3.8, 4) is 0 Å². The molecule has 166 valence electrons. The summed E-state index contributed by atoms with van der Waals surface area (Å²) in [7, 11) is 1.84. The molecule has 0 bridgehead atoms. The van der Waals surface area contributed by atoms with E-state index in [0.29, 0.717) is 6.54 Å². The average Bonchev–Trinajstić information content (AvgIpc) is 3.56. The zero-order chi connectivity index (χ0) is 21.9. The molecule has 0 saturated carbocycles. The Labute approximate surface area is 188 Å². The fraction of sp³-hybridized carbons (Fsp3) is 0.417. The predicted molar refractivity (Wildman–Crippen MR) is 123 cm³/mol. The second-order valence-electron chi connectivity index (χ2n) is 8.76. The van der Waals surface area contributed by atoms with Gasteiger partial charge in [-0.3, -0.25) is 14.4 Å².